The van der Waals surface area contributed by atoms with Crippen LogP contribution in [0, 0.1) is 0 Å². The molecule has 2 aliphatic heterocycles. The number of carbonyl (C=O) groups excluding carboxylic acids is 4. The first-order valence-electron chi connectivity index (χ1n) is 9.09. The molecule has 0 aromatic heterocycles. The van der Waals surface area contributed by atoms with Crippen LogP contribution >= 0.6 is 0 Å². The minimum Gasteiger partial charge on any atom is -0.452 e. The largest absolute Gasteiger partial charge is 0.452 e. The minimum atomic E-state index is -0.691. The lowest BCUT2D eigenvalue weighted by Crippen LogP contribution is -2.35. The van der Waals surface area contributed by atoms with Crippen molar-refractivity contribution in [2.24, 2.45) is 0 Å². The fourth-order valence-corrected chi connectivity index (χ4v) is 3.33. The molecule has 142 valence electrons. The predicted molar refractivity (Wildman–Crippen MR) is 97.3 cm³/mol. The zero-order chi connectivity index (χ0) is 19.4. The Balaban J connectivity index is 1.65. The molecule has 1 fully saturated rings. The second-order valence-electron chi connectivity index (χ2n) is 6.64. The van der Waals surface area contributed by atoms with Crippen LogP contribution in [0.5, 0.6) is 0 Å². The molecule has 0 spiro atoms. The maximum Gasteiger partial charge on any atom is 0.338 e. The number of rotatable bonds is 5. The quantitative estimate of drug-likeness (QED) is 0.450. The predicted octanol–water partition coefficient (Wildman–Crippen LogP) is 2.03. The molecule has 0 radical (unpaired) electrons. The maximum absolute atomic E-state index is 12.3. The van der Waals surface area contributed by atoms with E-state index < -0.39 is 17.8 Å². The molecule has 27 heavy (non-hydrogen) atoms. The second-order valence-corrected chi connectivity index (χ2v) is 6.64. The van der Waals surface area contributed by atoms with Crippen LogP contribution in [0.1, 0.15) is 56.8 Å². The zero-order valence-electron chi connectivity index (χ0n) is 15.1. The Bertz CT molecular complexity index is 794. The van der Waals surface area contributed by atoms with Crippen molar-refractivity contribution in [2.75, 3.05) is 26.2 Å². The van der Waals surface area contributed by atoms with E-state index in [0.717, 1.165) is 30.6 Å². The van der Waals surface area contributed by atoms with Crippen LogP contribution in [0.2, 0.25) is 0 Å². The maximum atomic E-state index is 12.3. The number of imide groups is 1. The number of carbonyl (C=O) groups is 4. The van der Waals surface area contributed by atoms with Gasteiger partial charge < -0.3 is 9.64 Å². The third-order valence-electron chi connectivity index (χ3n) is 4.80. The first-order valence-corrected chi connectivity index (χ1v) is 9.09. The van der Waals surface area contributed by atoms with Crippen molar-refractivity contribution in [3.05, 3.63) is 47.5 Å². The van der Waals surface area contributed by atoms with Crippen molar-refractivity contribution in [3.8, 4) is 0 Å². The summed E-state index contributed by atoms with van der Waals surface area (Å²) < 4.78 is 5.12. The molecule has 0 aliphatic carbocycles. The Morgan fingerprint density at radius 1 is 1.04 bits per heavy atom. The molecule has 0 bridgehead atoms. The van der Waals surface area contributed by atoms with Gasteiger partial charge in [0.25, 0.3) is 17.7 Å². The number of ether oxygens (including phenoxy) is 1. The highest BCUT2D eigenvalue weighted by Gasteiger charge is 2.35. The summed E-state index contributed by atoms with van der Waals surface area (Å²) in [5.74, 6) is -1.78. The molecule has 1 saturated heterocycles. The van der Waals surface area contributed by atoms with Gasteiger partial charge in [0.2, 0.25) is 0 Å². The fourth-order valence-electron chi connectivity index (χ4n) is 3.33. The number of nitrogens with zero attached hydrogens (tertiary/aromatic N) is 2. The van der Waals surface area contributed by atoms with Crippen LogP contribution in [0.4, 0.5) is 0 Å². The van der Waals surface area contributed by atoms with Crippen LogP contribution in [0.15, 0.2) is 30.9 Å². The van der Waals surface area contributed by atoms with Crippen molar-refractivity contribution in [1.29, 1.82) is 0 Å². The third kappa shape index (κ3) is 3.92. The van der Waals surface area contributed by atoms with Crippen molar-refractivity contribution in [2.45, 2.75) is 25.7 Å². The Labute approximate surface area is 157 Å². The number of esters is 1. The average Bonchev–Trinajstić information content (AvgIpc) is 2.88. The molecule has 3 amide bonds. The molecule has 3 rings (SSSR count). The van der Waals surface area contributed by atoms with Crippen molar-refractivity contribution in [1.82, 2.24) is 9.80 Å². The van der Waals surface area contributed by atoms with Gasteiger partial charge in [-0.15, -0.1) is 6.58 Å². The monoisotopic (exact) mass is 370 g/mol. The van der Waals surface area contributed by atoms with E-state index in [9.17, 15) is 19.2 Å². The normalized spacial score (nSPS) is 16.7. The number of fused-ring (bicyclic) bond motifs is 1. The smallest absolute Gasteiger partial charge is 0.338 e. The summed E-state index contributed by atoms with van der Waals surface area (Å²) in [4.78, 5) is 51.8. The summed E-state index contributed by atoms with van der Waals surface area (Å²) in [5, 5.41) is 0. The fraction of sp³-hybridized carbons (Fsp3) is 0.400. The lowest BCUT2D eigenvalue weighted by molar-refractivity contribution is -0.134. The van der Waals surface area contributed by atoms with Crippen LogP contribution < -0.4 is 0 Å². The standard InChI is InChI=1S/C20H22N2O5/c1-2-9-22-18(24)15-8-7-14(12-16(15)19(22)25)20(26)27-13-17(23)21-10-5-3-4-6-11-21/h2,7-8,12H,1,3-6,9-11,13H2. The summed E-state index contributed by atoms with van der Waals surface area (Å²) in [7, 11) is 0. The highest BCUT2D eigenvalue weighted by molar-refractivity contribution is 6.22. The van der Waals surface area contributed by atoms with Gasteiger partial charge in [0.1, 0.15) is 0 Å². The van der Waals surface area contributed by atoms with Crippen molar-refractivity contribution in [3.63, 3.8) is 0 Å². The molecule has 2 aliphatic rings. The van der Waals surface area contributed by atoms with Crippen molar-refractivity contribution >= 4 is 23.7 Å². The minimum absolute atomic E-state index is 0.108. The Kier molecular flexibility index (Phi) is 5.69. The number of benzene rings is 1. The van der Waals surface area contributed by atoms with Crippen LogP contribution in [-0.4, -0.2) is 59.7 Å². The molecule has 7 nitrogen and oxygen atoms in total. The lowest BCUT2D eigenvalue weighted by atomic mass is 10.1. The molecule has 0 atom stereocenters. The summed E-state index contributed by atoms with van der Waals surface area (Å²) in [6, 6.07) is 4.21. The lowest BCUT2D eigenvalue weighted by Gasteiger charge is -2.19. The molecule has 0 saturated carbocycles. The van der Waals surface area contributed by atoms with Crippen LogP contribution in [0.3, 0.4) is 0 Å². The summed E-state index contributed by atoms with van der Waals surface area (Å²) >= 11 is 0. The average molecular weight is 370 g/mol. The van der Waals surface area contributed by atoms with Gasteiger partial charge in [-0.1, -0.05) is 18.9 Å². The second kappa shape index (κ2) is 8.16. The molecule has 1 aromatic carbocycles. The van der Waals surface area contributed by atoms with E-state index in [2.05, 4.69) is 6.58 Å². The van der Waals surface area contributed by atoms with E-state index in [1.54, 1.807) is 4.90 Å². The Morgan fingerprint density at radius 3 is 2.37 bits per heavy atom. The Morgan fingerprint density at radius 2 is 1.70 bits per heavy atom. The van der Waals surface area contributed by atoms with E-state index >= 15 is 0 Å². The first kappa shape index (κ1) is 18.8. The third-order valence-corrected chi connectivity index (χ3v) is 4.80. The van der Waals surface area contributed by atoms with Gasteiger partial charge in [-0.2, -0.15) is 0 Å². The van der Waals surface area contributed by atoms with Gasteiger partial charge in [-0.3, -0.25) is 19.3 Å². The number of hydrogen-bond donors (Lipinski definition) is 0. The molecular formula is C20H22N2O5. The van der Waals surface area contributed by atoms with Gasteiger partial charge in [0.05, 0.1) is 16.7 Å². The van der Waals surface area contributed by atoms with Crippen LogP contribution in [0.25, 0.3) is 0 Å². The highest BCUT2D eigenvalue weighted by atomic mass is 16.5. The van der Waals surface area contributed by atoms with Gasteiger partial charge in [0.15, 0.2) is 6.61 Å². The van der Waals surface area contributed by atoms with Gasteiger partial charge >= 0.3 is 5.97 Å². The topological polar surface area (TPSA) is 84.0 Å². The van der Waals surface area contributed by atoms with E-state index in [1.807, 2.05) is 0 Å². The molecule has 1 aromatic rings. The van der Waals surface area contributed by atoms with E-state index in [-0.39, 0.29) is 35.7 Å². The van der Waals surface area contributed by atoms with E-state index in [4.69, 9.17) is 4.74 Å². The summed E-state index contributed by atoms with van der Waals surface area (Å²) in [5.41, 5.74) is 0.549. The molecule has 2 heterocycles. The van der Waals surface area contributed by atoms with E-state index in [1.165, 1.54) is 24.3 Å². The van der Waals surface area contributed by atoms with Gasteiger partial charge in [-0.25, -0.2) is 4.79 Å². The first-order chi connectivity index (χ1) is 13.0. The summed E-state index contributed by atoms with van der Waals surface area (Å²) in [6.45, 7) is 4.68. The van der Waals surface area contributed by atoms with Crippen LogP contribution in [-0.2, 0) is 9.53 Å². The van der Waals surface area contributed by atoms with Crippen molar-refractivity contribution < 1.29 is 23.9 Å². The molecule has 7 heteroatoms. The number of amides is 3. The summed E-state index contributed by atoms with van der Waals surface area (Å²) in [6.07, 6.45) is 5.59. The number of hydrogen-bond acceptors (Lipinski definition) is 5. The zero-order valence-corrected chi connectivity index (χ0v) is 15.1. The van der Waals surface area contributed by atoms with Gasteiger partial charge in [-0.05, 0) is 31.0 Å². The molecule has 0 N–H and O–H groups in total. The molecule has 0 unspecified atom stereocenters. The SMILES string of the molecule is C=CCN1C(=O)c2ccc(C(=O)OCC(=O)N3CCCCCC3)cc2C1=O. The highest BCUT2D eigenvalue weighted by Crippen LogP contribution is 2.24. The Hall–Kier alpha value is -2.96. The number of likely N-dealkylation sites (tertiary alicyclic amines) is 1. The van der Waals surface area contributed by atoms with Gasteiger partial charge in [0, 0.05) is 19.6 Å². The van der Waals surface area contributed by atoms with E-state index in [0.29, 0.717) is 13.1 Å². The molecular weight excluding hydrogens is 348 g/mol.